The second-order valence-electron chi connectivity index (χ2n) is 4.90. The number of para-hydroxylation sites is 2. The maximum absolute atomic E-state index is 12.2. The van der Waals surface area contributed by atoms with Crippen LogP contribution in [-0.4, -0.2) is 18.5 Å². The van der Waals surface area contributed by atoms with Crippen LogP contribution in [0.25, 0.3) is 0 Å². The predicted molar refractivity (Wildman–Crippen MR) is 94.8 cm³/mol. The van der Waals surface area contributed by atoms with E-state index in [-0.39, 0.29) is 12.2 Å². The molecular weight excluding hydrogens is 318 g/mol. The van der Waals surface area contributed by atoms with Crippen LogP contribution in [0, 0.1) is 11.3 Å². The van der Waals surface area contributed by atoms with Crippen molar-refractivity contribution in [3.8, 4) is 6.07 Å². The molecule has 126 valence electrons. The molecule has 0 saturated heterocycles. The van der Waals surface area contributed by atoms with Gasteiger partial charge >= 0.3 is 5.97 Å². The van der Waals surface area contributed by atoms with E-state index in [9.17, 15) is 14.9 Å². The van der Waals surface area contributed by atoms with E-state index in [1.807, 2.05) is 12.1 Å². The van der Waals surface area contributed by atoms with Crippen molar-refractivity contribution in [3.63, 3.8) is 0 Å². The number of hydrogen-bond donors (Lipinski definition) is 2. The van der Waals surface area contributed by atoms with Gasteiger partial charge in [0.15, 0.2) is 0 Å². The Kier molecular flexibility index (Phi) is 6.32. The van der Waals surface area contributed by atoms with E-state index < -0.39 is 11.9 Å². The summed E-state index contributed by atoms with van der Waals surface area (Å²) in [5.41, 5.74) is 1.23. The Hall–Kier alpha value is -3.59. The van der Waals surface area contributed by atoms with Crippen molar-refractivity contribution in [3.05, 3.63) is 71.9 Å². The number of ether oxygens (including phenoxy) is 1. The molecule has 6 heteroatoms. The third-order valence-corrected chi connectivity index (χ3v) is 3.19. The number of amides is 1. The van der Waals surface area contributed by atoms with Crippen molar-refractivity contribution in [2.45, 2.75) is 6.92 Å². The van der Waals surface area contributed by atoms with Crippen molar-refractivity contribution < 1.29 is 14.3 Å². The molecule has 0 unspecified atom stereocenters. The van der Waals surface area contributed by atoms with Crippen molar-refractivity contribution in [2.24, 2.45) is 0 Å². The number of rotatable bonds is 6. The zero-order chi connectivity index (χ0) is 18.1. The lowest BCUT2D eigenvalue weighted by atomic mass is 10.1. The molecule has 2 aromatic carbocycles. The van der Waals surface area contributed by atoms with Gasteiger partial charge in [0, 0.05) is 11.9 Å². The first kappa shape index (κ1) is 17.8. The van der Waals surface area contributed by atoms with Crippen molar-refractivity contribution >= 4 is 23.3 Å². The topological polar surface area (TPSA) is 91.2 Å². The average molecular weight is 335 g/mol. The lowest BCUT2D eigenvalue weighted by molar-refractivity contribution is -0.112. The van der Waals surface area contributed by atoms with Gasteiger partial charge < -0.3 is 15.4 Å². The Morgan fingerprint density at radius 1 is 1.12 bits per heavy atom. The predicted octanol–water partition coefficient (Wildman–Crippen LogP) is 3.32. The monoisotopic (exact) mass is 335 g/mol. The molecule has 2 rings (SSSR count). The van der Waals surface area contributed by atoms with Gasteiger partial charge in [-0.1, -0.05) is 30.3 Å². The van der Waals surface area contributed by atoms with Crippen molar-refractivity contribution in [2.75, 3.05) is 17.2 Å². The van der Waals surface area contributed by atoms with E-state index in [1.54, 1.807) is 55.5 Å². The molecule has 0 aliphatic heterocycles. The number of nitrogens with one attached hydrogen (secondary N) is 2. The Bertz CT molecular complexity index is 823. The Morgan fingerprint density at radius 3 is 2.48 bits per heavy atom. The van der Waals surface area contributed by atoms with Crippen molar-refractivity contribution in [1.82, 2.24) is 0 Å². The van der Waals surface area contributed by atoms with Crippen LogP contribution in [0.2, 0.25) is 0 Å². The number of nitriles is 1. The molecule has 1 amide bonds. The Balaban J connectivity index is 2.15. The summed E-state index contributed by atoms with van der Waals surface area (Å²) in [7, 11) is 0. The van der Waals surface area contributed by atoms with Crippen LogP contribution in [0.3, 0.4) is 0 Å². The zero-order valence-corrected chi connectivity index (χ0v) is 13.7. The van der Waals surface area contributed by atoms with Gasteiger partial charge in [-0.3, -0.25) is 4.79 Å². The van der Waals surface area contributed by atoms with Gasteiger partial charge in [-0.25, -0.2) is 4.79 Å². The number of anilines is 2. The summed E-state index contributed by atoms with van der Waals surface area (Å²) in [6, 6.07) is 17.3. The maximum Gasteiger partial charge on any atom is 0.340 e. The molecule has 2 aromatic rings. The van der Waals surface area contributed by atoms with E-state index >= 15 is 0 Å². The molecule has 0 fully saturated rings. The Morgan fingerprint density at radius 2 is 1.80 bits per heavy atom. The van der Waals surface area contributed by atoms with Crippen LogP contribution in [-0.2, 0) is 9.53 Å². The summed E-state index contributed by atoms with van der Waals surface area (Å²) in [4.78, 5) is 24.1. The fraction of sp³-hybridized carbons (Fsp3) is 0.105. The van der Waals surface area contributed by atoms with E-state index in [0.29, 0.717) is 16.9 Å². The molecule has 25 heavy (non-hydrogen) atoms. The summed E-state index contributed by atoms with van der Waals surface area (Å²) < 4.78 is 4.98. The normalized spacial score (nSPS) is 10.5. The molecule has 2 N–H and O–H groups in total. The first-order chi connectivity index (χ1) is 12.2. The summed E-state index contributed by atoms with van der Waals surface area (Å²) in [5.74, 6) is -1.03. The average Bonchev–Trinajstić information content (AvgIpc) is 2.63. The van der Waals surface area contributed by atoms with Crippen LogP contribution >= 0.6 is 0 Å². The van der Waals surface area contributed by atoms with E-state index in [4.69, 9.17) is 4.74 Å². The SMILES string of the molecule is CCOC(=O)c1ccccc1N/C=C(\C#N)C(=O)Nc1ccccc1. The zero-order valence-electron chi connectivity index (χ0n) is 13.7. The summed E-state index contributed by atoms with van der Waals surface area (Å²) in [6.07, 6.45) is 1.26. The molecule has 0 spiro atoms. The van der Waals surface area contributed by atoms with Gasteiger partial charge in [0.2, 0.25) is 0 Å². The highest BCUT2D eigenvalue weighted by molar-refractivity contribution is 6.06. The van der Waals surface area contributed by atoms with Crippen LogP contribution in [0.5, 0.6) is 0 Å². The fourth-order valence-corrected chi connectivity index (χ4v) is 2.01. The van der Waals surface area contributed by atoms with E-state index in [0.717, 1.165) is 0 Å². The molecule has 0 aromatic heterocycles. The third kappa shape index (κ3) is 4.94. The molecular formula is C19H17N3O3. The number of esters is 1. The molecule has 0 aliphatic rings. The largest absolute Gasteiger partial charge is 0.462 e. The number of nitrogens with zero attached hydrogens (tertiary/aromatic N) is 1. The van der Waals surface area contributed by atoms with Crippen LogP contribution in [0.15, 0.2) is 66.4 Å². The minimum Gasteiger partial charge on any atom is -0.462 e. The lowest BCUT2D eigenvalue weighted by Crippen LogP contribution is -2.15. The van der Waals surface area contributed by atoms with Gasteiger partial charge in [0.1, 0.15) is 11.6 Å². The molecule has 0 saturated carbocycles. The summed E-state index contributed by atoms with van der Waals surface area (Å²) >= 11 is 0. The molecule has 0 atom stereocenters. The Labute approximate surface area is 145 Å². The number of carbonyl (C=O) groups is 2. The minimum absolute atomic E-state index is 0.123. The van der Waals surface area contributed by atoms with Crippen LogP contribution in [0.1, 0.15) is 17.3 Å². The van der Waals surface area contributed by atoms with Crippen molar-refractivity contribution in [1.29, 1.82) is 5.26 Å². The number of benzene rings is 2. The minimum atomic E-state index is -0.546. The van der Waals surface area contributed by atoms with Gasteiger partial charge in [-0.2, -0.15) is 5.26 Å². The van der Waals surface area contributed by atoms with E-state index in [1.165, 1.54) is 6.20 Å². The highest BCUT2D eigenvalue weighted by Gasteiger charge is 2.13. The van der Waals surface area contributed by atoms with E-state index in [2.05, 4.69) is 10.6 Å². The lowest BCUT2D eigenvalue weighted by Gasteiger charge is -2.09. The quantitative estimate of drug-likeness (QED) is 0.480. The van der Waals surface area contributed by atoms with Gasteiger partial charge in [-0.15, -0.1) is 0 Å². The molecule has 0 radical (unpaired) electrons. The first-order valence-corrected chi connectivity index (χ1v) is 7.65. The molecule has 0 aliphatic carbocycles. The number of hydrogen-bond acceptors (Lipinski definition) is 5. The summed E-state index contributed by atoms with van der Waals surface area (Å²) in [5, 5.41) is 14.7. The first-order valence-electron chi connectivity index (χ1n) is 7.65. The smallest absolute Gasteiger partial charge is 0.340 e. The second kappa shape index (κ2) is 8.89. The third-order valence-electron chi connectivity index (χ3n) is 3.19. The molecule has 6 nitrogen and oxygen atoms in total. The van der Waals surface area contributed by atoms with Crippen LogP contribution in [0.4, 0.5) is 11.4 Å². The number of carbonyl (C=O) groups excluding carboxylic acids is 2. The van der Waals surface area contributed by atoms with Crippen LogP contribution < -0.4 is 10.6 Å². The fourth-order valence-electron chi connectivity index (χ4n) is 2.01. The highest BCUT2D eigenvalue weighted by Crippen LogP contribution is 2.17. The summed E-state index contributed by atoms with van der Waals surface area (Å²) in [6.45, 7) is 1.97. The highest BCUT2D eigenvalue weighted by atomic mass is 16.5. The second-order valence-corrected chi connectivity index (χ2v) is 4.90. The van der Waals surface area contributed by atoms with Gasteiger partial charge in [0.25, 0.3) is 5.91 Å². The van der Waals surface area contributed by atoms with Gasteiger partial charge in [0.05, 0.1) is 17.9 Å². The van der Waals surface area contributed by atoms with Gasteiger partial charge in [-0.05, 0) is 31.2 Å². The molecule has 0 bridgehead atoms. The standard InChI is InChI=1S/C19H17N3O3/c1-2-25-19(24)16-10-6-7-11-17(16)21-13-14(12-20)18(23)22-15-8-4-3-5-9-15/h3-11,13,21H,2H2,1H3,(H,22,23)/b14-13+. The molecule has 0 heterocycles. The maximum atomic E-state index is 12.2.